The van der Waals surface area contributed by atoms with Crippen molar-refractivity contribution in [3.63, 3.8) is 0 Å². The Hall–Kier alpha value is -0.990. The number of nitriles is 1. The smallest absolute Gasteiger partial charge is 0.220 e. The molecule has 2 aliphatic heterocycles. The van der Waals surface area contributed by atoms with Gasteiger partial charge in [0.2, 0.25) is 5.91 Å². The molecule has 2 saturated heterocycles. The molecule has 4 rings (SSSR count). The van der Waals surface area contributed by atoms with E-state index in [1.807, 2.05) is 21.0 Å². The molecule has 0 aromatic rings. The summed E-state index contributed by atoms with van der Waals surface area (Å²) in [5.41, 5.74) is 0. The number of alkyl halides is 1. The Bertz CT molecular complexity index is 851. The maximum Gasteiger partial charge on any atom is 0.220 e. The highest BCUT2D eigenvalue weighted by Gasteiger charge is 2.47. The third-order valence-corrected chi connectivity index (χ3v) is 10.5. The summed E-state index contributed by atoms with van der Waals surface area (Å²) in [6.07, 6.45) is 9.80. The van der Waals surface area contributed by atoms with Crippen LogP contribution in [0.2, 0.25) is 0 Å². The van der Waals surface area contributed by atoms with Crippen molar-refractivity contribution >= 4 is 17.5 Å². The largest absolute Gasteiger partial charge is 0.376 e. The van der Waals surface area contributed by atoms with Gasteiger partial charge in [0.25, 0.3) is 0 Å². The van der Waals surface area contributed by atoms with Gasteiger partial charge in [-0.05, 0) is 98.3 Å². The van der Waals surface area contributed by atoms with Crippen molar-refractivity contribution in [3.8, 4) is 6.07 Å². The van der Waals surface area contributed by atoms with Crippen LogP contribution < -0.4 is 26.6 Å². The van der Waals surface area contributed by atoms with Crippen LogP contribution in [0.1, 0.15) is 78.1 Å². The molecule has 0 radical (unpaired) electrons. The molecule has 0 bridgehead atoms. The minimum Gasteiger partial charge on any atom is -0.376 e. The van der Waals surface area contributed by atoms with Crippen LogP contribution in [0.15, 0.2) is 0 Å². The number of amides is 1. The molecule has 11 unspecified atom stereocenters. The molecule has 10 heteroatoms. The zero-order valence-electron chi connectivity index (χ0n) is 25.8. The molecular formula is C31H56ClN7O2. The number of rotatable bonds is 12. The highest BCUT2D eigenvalue weighted by molar-refractivity contribution is 6.21. The second-order valence-corrected chi connectivity index (χ2v) is 13.9. The summed E-state index contributed by atoms with van der Waals surface area (Å²) < 4.78 is 6.15. The first-order valence-electron chi connectivity index (χ1n) is 16.4. The van der Waals surface area contributed by atoms with E-state index < -0.39 is 0 Å². The summed E-state index contributed by atoms with van der Waals surface area (Å²) in [5.74, 6) is 0.233. The van der Waals surface area contributed by atoms with Gasteiger partial charge >= 0.3 is 0 Å². The van der Waals surface area contributed by atoms with E-state index in [0.717, 1.165) is 51.6 Å². The number of piperidine rings is 2. The fraction of sp³-hybridized carbons (Fsp3) is 0.935. The molecule has 2 aliphatic carbocycles. The van der Waals surface area contributed by atoms with E-state index in [0.29, 0.717) is 43.7 Å². The first-order chi connectivity index (χ1) is 19.8. The molecule has 0 aromatic heterocycles. The first-order valence-corrected chi connectivity index (χ1v) is 16.8. The van der Waals surface area contributed by atoms with Crippen LogP contribution in [0.4, 0.5) is 0 Å². The number of fused-ring (bicyclic) bond motifs is 1. The van der Waals surface area contributed by atoms with Gasteiger partial charge in [-0.3, -0.25) is 4.79 Å². The maximum atomic E-state index is 12.9. The number of halogens is 1. The van der Waals surface area contributed by atoms with Gasteiger partial charge in [0.1, 0.15) is 0 Å². The van der Waals surface area contributed by atoms with E-state index in [1.54, 1.807) is 0 Å². The topological polar surface area (TPSA) is 113 Å². The molecule has 4 fully saturated rings. The molecule has 0 spiro atoms. The van der Waals surface area contributed by atoms with Gasteiger partial charge in [-0.25, -0.2) is 0 Å². The normalized spacial score (nSPS) is 38.6. The summed E-state index contributed by atoms with van der Waals surface area (Å²) in [6.45, 7) is 7.63. The average molecular weight is 594 g/mol. The Morgan fingerprint density at radius 2 is 1.98 bits per heavy atom. The zero-order valence-corrected chi connectivity index (χ0v) is 26.6. The second-order valence-electron chi connectivity index (χ2n) is 13.3. The zero-order chi connectivity index (χ0) is 29.4. The Morgan fingerprint density at radius 1 is 1.15 bits per heavy atom. The molecular weight excluding hydrogens is 538 g/mol. The van der Waals surface area contributed by atoms with Crippen molar-refractivity contribution in [1.29, 1.82) is 5.26 Å². The predicted molar refractivity (Wildman–Crippen MR) is 165 cm³/mol. The molecule has 1 amide bonds. The van der Waals surface area contributed by atoms with Gasteiger partial charge in [0, 0.05) is 55.8 Å². The molecule has 0 aromatic carbocycles. The molecule has 11 atom stereocenters. The lowest BCUT2D eigenvalue weighted by Gasteiger charge is -2.50. The first kappa shape index (κ1) is 32.9. The Labute approximate surface area is 253 Å². The van der Waals surface area contributed by atoms with Gasteiger partial charge in [-0.2, -0.15) is 5.26 Å². The van der Waals surface area contributed by atoms with Crippen molar-refractivity contribution in [2.24, 2.45) is 11.8 Å². The van der Waals surface area contributed by atoms with Crippen LogP contribution in [0, 0.1) is 23.2 Å². The fourth-order valence-electron chi connectivity index (χ4n) is 7.77. The number of hydrogen-bond acceptors (Lipinski definition) is 8. The van der Waals surface area contributed by atoms with E-state index in [4.69, 9.17) is 16.3 Å². The summed E-state index contributed by atoms with van der Waals surface area (Å²) in [4.78, 5) is 15.0. The number of nitrogens with one attached hydrogen (secondary N) is 5. The van der Waals surface area contributed by atoms with E-state index in [9.17, 15) is 10.1 Å². The van der Waals surface area contributed by atoms with E-state index in [-0.39, 0.29) is 47.3 Å². The monoisotopic (exact) mass is 593 g/mol. The van der Waals surface area contributed by atoms with Crippen LogP contribution >= 0.6 is 11.6 Å². The van der Waals surface area contributed by atoms with Gasteiger partial charge in [0.05, 0.1) is 29.5 Å². The maximum absolute atomic E-state index is 12.9. The van der Waals surface area contributed by atoms with E-state index in [2.05, 4.69) is 44.5 Å². The van der Waals surface area contributed by atoms with Crippen LogP contribution in [0.25, 0.3) is 0 Å². The summed E-state index contributed by atoms with van der Waals surface area (Å²) in [7, 11) is 4.06. The molecule has 234 valence electrons. The van der Waals surface area contributed by atoms with Crippen LogP contribution in [-0.2, 0) is 9.53 Å². The minimum absolute atomic E-state index is 0.0137. The molecule has 2 heterocycles. The highest BCUT2D eigenvalue weighted by atomic mass is 35.5. The highest BCUT2D eigenvalue weighted by Crippen LogP contribution is 2.36. The van der Waals surface area contributed by atoms with Crippen molar-refractivity contribution in [3.05, 3.63) is 0 Å². The number of hydrogen-bond donors (Lipinski definition) is 5. The standard InChI is InChI=1S/C31H56ClN7O2/c1-5-41-29-17-27-23(16-28(29)38-30(40)10-8-14-39(3)4)31(21(18-33)19-35-27)37-22-11-12-26(24(32)15-22)36-20(2)25-9-6-7-13-34-25/h20-29,31,34-37H,5-17,19H2,1-4H3,(H,38,40). The van der Waals surface area contributed by atoms with E-state index in [1.165, 1.54) is 19.3 Å². The van der Waals surface area contributed by atoms with Crippen molar-refractivity contribution < 1.29 is 9.53 Å². The average Bonchev–Trinajstić information content (AvgIpc) is 2.95. The number of ether oxygens (including phenoxy) is 1. The number of nitrogens with zero attached hydrogens (tertiary/aromatic N) is 2. The Morgan fingerprint density at radius 3 is 2.66 bits per heavy atom. The van der Waals surface area contributed by atoms with Gasteiger partial charge in [0.15, 0.2) is 0 Å². The third kappa shape index (κ3) is 9.25. The lowest BCUT2D eigenvalue weighted by molar-refractivity contribution is -0.124. The molecule has 9 nitrogen and oxygen atoms in total. The SMILES string of the molecule is CCOC1CC2NCC(C#N)C(NC3CCC(NC(C)C4CCCCN4)C(Cl)C3)C2CC1NC(=O)CCCN(C)C. The Kier molecular flexibility index (Phi) is 13.0. The lowest BCUT2D eigenvalue weighted by Crippen LogP contribution is -2.66. The molecule has 41 heavy (non-hydrogen) atoms. The fourth-order valence-corrected chi connectivity index (χ4v) is 8.18. The van der Waals surface area contributed by atoms with Crippen molar-refractivity contribution in [1.82, 2.24) is 31.5 Å². The lowest BCUT2D eigenvalue weighted by atomic mass is 9.69. The van der Waals surface area contributed by atoms with Gasteiger partial charge < -0.3 is 36.2 Å². The molecule has 4 aliphatic rings. The van der Waals surface area contributed by atoms with Gasteiger partial charge in [-0.15, -0.1) is 11.6 Å². The Balaban J connectivity index is 1.35. The minimum atomic E-state index is -0.113. The summed E-state index contributed by atoms with van der Waals surface area (Å²) >= 11 is 7.01. The summed E-state index contributed by atoms with van der Waals surface area (Å²) in [5, 5.41) is 28.6. The van der Waals surface area contributed by atoms with Crippen molar-refractivity contribution in [2.75, 3.05) is 40.3 Å². The van der Waals surface area contributed by atoms with Crippen LogP contribution in [0.5, 0.6) is 0 Å². The van der Waals surface area contributed by atoms with Gasteiger partial charge in [-0.1, -0.05) is 6.42 Å². The predicted octanol–water partition coefficient (Wildman–Crippen LogP) is 2.35. The second kappa shape index (κ2) is 16.2. The number of carbonyl (C=O) groups excluding carboxylic acids is 1. The molecule has 2 saturated carbocycles. The van der Waals surface area contributed by atoms with Crippen LogP contribution in [0.3, 0.4) is 0 Å². The van der Waals surface area contributed by atoms with Crippen LogP contribution in [-0.4, -0.2) is 105 Å². The third-order valence-electron chi connectivity index (χ3n) is 10.0. The number of carbonyl (C=O) groups is 1. The van der Waals surface area contributed by atoms with E-state index >= 15 is 0 Å². The van der Waals surface area contributed by atoms with Crippen molar-refractivity contribution in [2.45, 2.75) is 132 Å². The quantitative estimate of drug-likeness (QED) is 0.219. The summed E-state index contributed by atoms with van der Waals surface area (Å²) in [6, 6.07) is 4.44. The molecule has 5 N–H and O–H groups in total.